The van der Waals surface area contributed by atoms with E-state index in [-0.39, 0.29) is 17.7 Å². The van der Waals surface area contributed by atoms with E-state index in [0.717, 1.165) is 0 Å². The zero-order chi connectivity index (χ0) is 14.3. The van der Waals surface area contributed by atoms with Crippen LogP contribution in [0, 0.1) is 0 Å². The SMILES string of the molecule is CC[C@]1(CO)O[C@@H](n2cnc3c(=O)[nH]cnc32)C[C@@H]1O. The standard InChI is InChI=1S/C12H16N4O4/c1-2-12(4-17)7(18)3-8(20-12)16-6-15-9-10(16)13-5-14-11(9)19/h5-8,17-18H,2-4H2,1H3,(H,13,14,19)/t7-,8+,12+/m0/s1. The second-order valence-electron chi connectivity index (χ2n) is 4.96. The van der Waals surface area contributed by atoms with Crippen molar-refractivity contribution in [2.75, 3.05) is 6.61 Å². The van der Waals surface area contributed by atoms with Gasteiger partial charge in [-0.3, -0.25) is 9.36 Å². The van der Waals surface area contributed by atoms with Crippen molar-refractivity contribution >= 4 is 11.2 Å². The van der Waals surface area contributed by atoms with Crippen LogP contribution < -0.4 is 5.56 Å². The first-order chi connectivity index (χ1) is 9.61. The van der Waals surface area contributed by atoms with E-state index in [1.54, 1.807) is 4.57 Å². The van der Waals surface area contributed by atoms with Gasteiger partial charge in [0.25, 0.3) is 5.56 Å². The second-order valence-corrected chi connectivity index (χ2v) is 4.96. The number of aromatic amines is 1. The highest BCUT2D eigenvalue weighted by Gasteiger charge is 2.47. The molecule has 0 bridgehead atoms. The van der Waals surface area contributed by atoms with Gasteiger partial charge in [-0.2, -0.15) is 0 Å². The van der Waals surface area contributed by atoms with Gasteiger partial charge in [0.15, 0.2) is 11.2 Å². The Hall–Kier alpha value is -1.77. The van der Waals surface area contributed by atoms with Crippen molar-refractivity contribution in [3.05, 3.63) is 23.0 Å². The number of fused-ring (bicyclic) bond motifs is 1. The lowest BCUT2D eigenvalue weighted by molar-refractivity contribution is -0.128. The molecule has 2 aromatic heterocycles. The molecule has 0 spiro atoms. The van der Waals surface area contributed by atoms with Crippen LogP contribution in [0.3, 0.4) is 0 Å². The summed E-state index contributed by atoms with van der Waals surface area (Å²) in [6, 6.07) is 0. The highest BCUT2D eigenvalue weighted by atomic mass is 16.6. The van der Waals surface area contributed by atoms with Crippen molar-refractivity contribution in [1.29, 1.82) is 0 Å². The molecule has 3 atom stereocenters. The van der Waals surface area contributed by atoms with Gasteiger partial charge in [0, 0.05) is 6.42 Å². The summed E-state index contributed by atoms with van der Waals surface area (Å²) in [6.07, 6.45) is 2.29. The average molecular weight is 280 g/mol. The van der Waals surface area contributed by atoms with E-state index in [1.807, 2.05) is 6.92 Å². The van der Waals surface area contributed by atoms with Crippen molar-refractivity contribution in [1.82, 2.24) is 19.5 Å². The Balaban J connectivity index is 2.01. The molecule has 1 aliphatic heterocycles. The molecule has 20 heavy (non-hydrogen) atoms. The molecule has 3 rings (SSSR count). The topological polar surface area (TPSA) is 113 Å². The quantitative estimate of drug-likeness (QED) is 0.701. The summed E-state index contributed by atoms with van der Waals surface area (Å²) in [4.78, 5) is 22.2. The Morgan fingerprint density at radius 3 is 3.05 bits per heavy atom. The van der Waals surface area contributed by atoms with Gasteiger partial charge in [0.1, 0.15) is 11.8 Å². The Kier molecular flexibility index (Phi) is 3.08. The van der Waals surface area contributed by atoms with Crippen LogP contribution >= 0.6 is 0 Å². The van der Waals surface area contributed by atoms with Crippen LogP contribution in [0.15, 0.2) is 17.4 Å². The van der Waals surface area contributed by atoms with Crippen molar-refractivity contribution in [2.45, 2.75) is 37.7 Å². The smallest absolute Gasteiger partial charge is 0.278 e. The minimum atomic E-state index is -0.970. The molecule has 3 N–H and O–H groups in total. The maximum Gasteiger partial charge on any atom is 0.278 e. The molecule has 2 aromatic rings. The molecule has 0 amide bonds. The number of nitrogens with zero attached hydrogens (tertiary/aromatic N) is 3. The monoisotopic (exact) mass is 280 g/mol. The molecule has 3 heterocycles. The number of hydrogen-bond donors (Lipinski definition) is 3. The molecule has 8 nitrogen and oxygen atoms in total. The van der Waals surface area contributed by atoms with E-state index in [2.05, 4.69) is 15.0 Å². The van der Waals surface area contributed by atoms with Gasteiger partial charge in [-0.25, -0.2) is 9.97 Å². The number of H-pyrrole nitrogens is 1. The molecule has 0 aromatic carbocycles. The van der Waals surface area contributed by atoms with Gasteiger partial charge in [-0.1, -0.05) is 6.92 Å². The van der Waals surface area contributed by atoms with E-state index >= 15 is 0 Å². The number of nitrogens with one attached hydrogen (secondary N) is 1. The summed E-state index contributed by atoms with van der Waals surface area (Å²) in [6.45, 7) is 1.58. The second kappa shape index (κ2) is 4.65. The van der Waals surface area contributed by atoms with E-state index in [9.17, 15) is 15.0 Å². The Labute approximate surface area is 114 Å². The first-order valence-electron chi connectivity index (χ1n) is 6.48. The van der Waals surface area contributed by atoms with Crippen molar-refractivity contribution in [2.24, 2.45) is 0 Å². The third kappa shape index (κ3) is 1.76. The summed E-state index contributed by atoms with van der Waals surface area (Å²) < 4.78 is 7.43. The molecule has 1 fully saturated rings. The molecule has 108 valence electrons. The van der Waals surface area contributed by atoms with E-state index in [1.165, 1.54) is 12.7 Å². The molecule has 0 unspecified atom stereocenters. The summed E-state index contributed by atoms with van der Waals surface area (Å²) >= 11 is 0. The van der Waals surface area contributed by atoms with Crippen molar-refractivity contribution < 1.29 is 14.9 Å². The maximum atomic E-state index is 11.6. The molecule has 0 saturated carbocycles. The largest absolute Gasteiger partial charge is 0.393 e. The number of hydrogen-bond acceptors (Lipinski definition) is 6. The van der Waals surface area contributed by atoms with Gasteiger partial charge in [-0.15, -0.1) is 0 Å². The predicted octanol–water partition coefficient (Wildman–Crippen LogP) is -0.460. The number of aliphatic hydroxyl groups excluding tert-OH is 2. The average Bonchev–Trinajstić information content (AvgIpc) is 3.01. The van der Waals surface area contributed by atoms with Crippen LogP contribution in [0.5, 0.6) is 0 Å². The van der Waals surface area contributed by atoms with Crippen LogP contribution in [0.4, 0.5) is 0 Å². The van der Waals surface area contributed by atoms with Gasteiger partial charge in [0.2, 0.25) is 0 Å². The molecule has 0 radical (unpaired) electrons. The zero-order valence-electron chi connectivity index (χ0n) is 11.0. The summed E-state index contributed by atoms with van der Waals surface area (Å²) in [7, 11) is 0. The first-order valence-corrected chi connectivity index (χ1v) is 6.48. The number of aliphatic hydroxyl groups is 2. The lowest BCUT2D eigenvalue weighted by Gasteiger charge is -2.28. The molecule has 1 saturated heterocycles. The third-order valence-corrected chi connectivity index (χ3v) is 3.94. The minimum Gasteiger partial charge on any atom is -0.393 e. The van der Waals surface area contributed by atoms with Crippen LogP contribution in [-0.2, 0) is 4.74 Å². The zero-order valence-corrected chi connectivity index (χ0v) is 11.0. The van der Waals surface area contributed by atoms with Crippen LogP contribution in [0.2, 0.25) is 0 Å². The van der Waals surface area contributed by atoms with Crippen LogP contribution in [-0.4, -0.2) is 48.0 Å². The van der Waals surface area contributed by atoms with Crippen molar-refractivity contribution in [3.63, 3.8) is 0 Å². The van der Waals surface area contributed by atoms with E-state index < -0.39 is 17.9 Å². The fraction of sp³-hybridized carbons (Fsp3) is 0.583. The highest BCUT2D eigenvalue weighted by molar-refractivity contribution is 5.68. The summed E-state index contributed by atoms with van der Waals surface area (Å²) in [5.41, 5.74) is -0.668. The van der Waals surface area contributed by atoms with Crippen molar-refractivity contribution in [3.8, 4) is 0 Å². The predicted molar refractivity (Wildman–Crippen MR) is 69.0 cm³/mol. The van der Waals surface area contributed by atoms with Gasteiger partial charge < -0.3 is 19.9 Å². The Bertz CT molecular complexity index is 675. The number of ether oxygens (including phenoxy) is 1. The van der Waals surface area contributed by atoms with Gasteiger partial charge >= 0.3 is 0 Å². The Morgan fingerprint density at radius 1 is 1.60 bits per heavy atom. The highest BCUT2D eigenvalue weighted by Crippen LogP contribution is 2.39. The molecular formula is C12H16N4O4. The van der Waals surface area contributed by atoms with Gasteiger partial charge in [0.05, 0.1) is 25.4 Å². The number of aromatic nitrogens is 4. The fourth-order valence-corrected chi connectivity index (χ4v) is 2.62. The molecule has 8 heteroatoms. The molecular weight excluding hydrogens is 264 g/mol. The lowest BCUT2D eigenvalue weighted by atomic mass is 9.95. The van der Waals surface area contributed by atoms with Gasteiger partial charge in [-0.05, 0) is 6.42 Å². The lowest BCUT2D eigenvalue weighted by Crippen LogP contribution is -2.42. The number of rotatable bonds is 3. The summed E-state index contributed by atoms with van der Waals surface area (Å²) in [5, 5.41) is 19.6. The normalized spacial score (nSPS) is 30.1. The number of imidazole rings is 1. The van der Waals surface area contributed by atoms with E-state index in [0.29, 0.717) is 18.5 Å². The first kappa shape index (κ1) is 13.2. The third-order valence-electron chi connectivity index (χ3n) is 3.94. The Morgan fingerprint density at radius 2 is 2.40 bits per heavy atom. The molecule has 1 aliphatic rings. The molecule has 0 aliphatic carbocycles. The van der Waals surface area contributed by atoms with Crippen LogP contribution in [0.1, 0.15) is 26.0 Å². The van der Waals surface area contributed by atoms with Crippen LogP contribution in [0.25, 0.3) is 11.2 Å². The minimum absolute atomic E-state index is 0.226. The fourth-order valence-electron chi connectivity index (χ4n) is 2.62. The maximum absolute atomic E-state index is 11.6. The van der Waals surface area contributed by atoms with E-state index in [4.69, 9.17) is 4.74 Å². The summed E-state index contributed by atoms with van der Waals surface area (Å²) in [5.74, 6) is 0.